The van der Waals surface area contributed by atoms with Crippen molar-refractivity contribution in [3.63, 3.8) is 0 Å². The average Bonchev–Trinajstić information content (AvgIpc) is 4.03. The third-order valence-electron chi connectivity index (χ3n) is 11.8. The minimum absolute atomic E-state index is 0.0508. The van der Waals surface area contributed by atoms with Crippen LogP contribution < -0.4 is 20.1 Å². The van der Waals surface area contributed by atoms with Crippen molar-refractivity contribution in [3.05, 3.63) is 66.1 Å². The van der Waals surface area contributed by atoms with Gasteiger partial charge < -0.3 is 24.8 Å². The number of fused-ring (bicyclic) bond motifs is 4. The summed E-state index contributed by atoms with van der Waals surface area (Å²) < 4.78 is 71.4. The Labute approximate surface area is 352 Å². The lowest BCUT2D eigenvalue weighted by Gasteiger charge is -2.30. The van der Waals surface area contributed by atoms with E-state index < -0.39 is 87.3 Å². The maximum absolute atomic E-state index is 15.5. The standard InChI is InChI=1S/C41H42F2N8O8S2/c1-22-17-30(49-59-22)34(52)45-29-12-3-2-8-16-40(42,43)19-23-20-41(23,39(55)50-61(56,57)25-14-15-25)48-35(53)31-18-24(21-51(31)38(29)54)58-36-33(44-26-9-4-5-10-27(26)46-36)37-47-28-11-6-7-13-32(28)60-37/h4-7,9-11,13,17,23-25,29,31H,2-3,8,12,14-16,18-21H2,1H3,(H,45,52)(H,48,53)(H,50,55). The first-order valence-corrected chi connectivity index (χ1v) is 22.6. The van der Waals surface area contributed by atoms with Gasteiger partial charge in [0.1, 0.15) is 34.5 Å². The second kappa shape index (κ2) is 15.7. The first-order chi connectivity index (χ1) is 29.2. The zero-order valence-electron chi connectivity index (χ0n) is 32.9. The summed E-state index contributed by atoms with van der Waals surface area (Å²) in [4.78, 5) is 72.3. The monoisotopic (exact) mass is 876 g/mol. The van der Waals surface area contributed by atoms with Gasteiger partial charge in [-0.1, -0.05) is 42.3 Å². The van der Waals surface area contributed by atoms with Crippen LogP contribution in [0.2, 0.25) is 0 Å². The van der Waals surface area contributed by atoms with Crippen LogP contribution in [0, 0.1) is 12.8 Å². The van der Waals surface area contributed by atoms with E-state index in [9.17, 15) is 27.6 Å². The summed E-state index contributed by atoms with van der Waals surface area (Å²) in [5.74, 6) is -7.19. The van der Waals surface area contributed by atoms with Gasteiger partial charge >= 0.3 is 0 Å². The zero-order chi connectivity index (χ0) is 42.7. The number of aromatic nitrogens is 4. The van der Waals surface area contributed by atoms with Gasteiger partial charge in [-0.2, -0.15) is 0 Å². The lowest BCUT2D eigenvalue weighted by atomic mass is 10.00. The SMILES string of the molecule is Cc1cc(C(=O)NC2CCCCCC(F)(F)CC3CC3(C(=O)NS(=O)(=O)C3CC3)NC(=O)C3CC(Oc4nc5ccccc5nc4-c4nc5ccccc5s4)CN3C2=O)no1. The number of amides is 4. The number of para-hydroxylation sites is 3. The lowest BCUT2D eigenvalue weighted by molar-refractivity contribution is -0.141. The van der Waals surface area contributed by atoms with Crippen molar-refractivity contribution in [3.8, 4) is 16.6 Å². The third kappa shape index (κ3) is 8.38. The van der Waals surface area contributed by atoms with Gasteiger partial charge in [0.25, 0.3) is 11.8 Å². The number of rotatable bonds is 8. The normalized spacial score (nSPS) is 25.8. The fourth-order valence-corrected chi connectivity index (χ4v) is 10.6. The molecule has 0 spiro atoms. The summed E-state index contributed by atoms with van der Waals surface area (Å²) in [6, 6.07) is 13.6. The first kappa shape index (κ1) is 40.8. The third-order valence-corrected chi connectivity index (χ3v) is 14.6. The Morgan fingerprint density at radius 1 is 0.967 bits per heavy atom. The van der Waals surface area contributed by atoms with Crippen LogP contribution in [0.15, 0.2) is 59.1 Å². The molecule has 61 heavy (non-hydrogen) atoms. The van der Waals surface area contributed by atoms with E-state index in [-0.39, 0.29) is 56.6 Å². The topological polar surface area (TPSA) is 216 Å². The molecule has 2 aliphatic heterocycles. The predicted molar refractivity (Wildman–Crippen MR) is 217 cm³/mol. The van der Waals surface area contributed by atoms with Crippen LogP contribution in [-0.2, 0) is 24.4 Å². The number of ether oxygens (including phenoxy) is 1. The fourth-order valence-electron chi connectivity index (χ4n) is 8.30. The molecule has 320 valence electrons. The molecule has 3 aromatic heterocycles. The number of carbonyl (C=O) groups is 4. The molecule has 5 unspecified atom stereocenters. The summed E-state index contributed by atoms with van der Waals surface area (Å²) in [6.07, 6.45) is -1.17. The Morgan fingerprint density at radius 3 is 2.43 bits per heavy atom. The van der Waals surface area contributed by atoms with Crippen molar-refractivity contribution < 1.29 is 45.6 Å². The van der Waals surface area contributed by atoms with Crippen LogP contribution in [0.4, 0.5) is 8.78 Å². The second-order valence-electron chi connectivity index (χ2n) is 16.4. The minimum atomic E-state index is -4.11. The molecule has 2 aromatic carbocycles. The predicted octanol–water partition coefficient (Wildman–Crippen LogP) is 4.82. The Kier molecular flexibility index (Phi) is 10.5. The second-order valence-corrected chi connectivity index (χ2v) is 19.4. The van der Waals surface area contributed by atoms with Crippen molar-refractivity contribution in [1.29, 1.82) is 0 Å². The van der Waals surface area contributed by atoms with E-state index in [1.165, 1.54) is 22.3 Å². The number of hydrogen-bond donors (Lipinski definition) is 3. The number of thiazole rings is 1. The molecule has 4 fully saturated rings. The summed E-state index contributed by atoms with van der Waals surface area (Å²) in [5, 5.41) is 8.86. The molecule has 5 heterocycles. The smallest absolute Gasteiger partial charge is 0.274 e. The maximum atomic E-state index is 15.5. The van der Waals surface area contributed by atoms with Crippen molar-refractivity contribution >= 4 is 66.2 Å². The molecule has 3 N–H and O–H groups in total. The van der Waals surface area contributed by atoms with Crippen molar-refractivity contribution in [2.75, 3.05) is 6.54 Å². The van der Waals surface area contributed by atoms with Gasteiger partial charge in [-0.15, -0.1) is 11.3 Å². The van der Waals surface area contributed by atoms with Gasteiger partial charge in [-0.05, 0) is 69.2 Å². The molecule has 2 saturated carbocycles. The van der Waals surface area contributed by atoms with Gasteiger partial charge in [0, 0.05) is 25.3 Å². The molecule has 20 heteroatoms. The average molecular weight is 877 g/mol. The quantitative estimate of drug-likeness (QED) is 0.191. The molecular formula is C41H42F2N8O8S2. The van der Waals surface area contributed by atoms with Crippen molar-refractivity contribution in [1.82, 2.24) is 40.4 Å². The van der Waals surface area contributed by atoms with E-state index in [1.807, 2.05) is 30.3 Å². The highest BCUT2D eigenvalue weighted by Crippen LogP contribution is 2.51. The number of halogens is 2. The van der Waals surface area contributed by atoms with Crippen molar-refractivity contribution in [2.45, 2.75) is 106 Å². The Balaban J connectivity index is 1.07. The molecule has 2 saturated heterocycles. The van der Waals surface area contributed by atoms with Crippen LogP contribution in [0.5, 0.6) is 5.88 Å². The Morgan fingerprint density at radius 2 is 1.70 bits per heavy atom. The number of sulfonamides is 1. The largest absolute Gasteiger partial charge is 0.471 e. The number of nitrogens with one attached hydrogen (secondary N) is 3. The highest BCUT2D eigenvalue weighted by atomic mass is 32.2. The summed E-state index contributed by atoms with van der Waals surface area (Å²) in [7, 11) is -4.11. The molecule has 9 rings (SSSR count). The van der Waals surface area contributed by atoms with E-state index in [0.717, 1.165) is 10.2 Å². The molecule has 2 aliphatic carbocycles. The molecule has 0 bridgehead atoms. The van der Waals surface area contributed by atoms with E-state index in [2.05, 4.69) is 20.5 Å². The molecule has 16 nitrogen and oxygen atoms in total. The van der Waals surface area contributed by atoms with Gasteiger partial charge in [0.2, 0.25) is 33.6 Å². The number of carbonyl (C=O) groups excluding carboxylic acids is 4. The van der Waals surface area contributed by atoms with E-state index >= 15 is 8.78 Å². The van der Waals surface area contributed by atoms with E-state index in [0.29, 0.717) is 40.3 Å². The number of hydrogen-bond acceptors (Lipinski definition) is 13. The van der Waals surface area contributed by atoms with Crippen molar-refractivity contribution in [2.24, 2.45) is 5.92 Å². The number of nitrogens with zero attached hydrogens (tertiary/aromatic N) is 5. The minimum Gasteiger partial charge on any atom is -0.471 e. The Bertz CT molecular complexity index is 2640. The maximum Gasteiger partial charge on any atom is 0.274 e. The number of alkyl halides is 2. The highest BCUT2D eigenvalue weighted by Gasteiger charge is 2.65. The number of benzene rings is 2. The lowest BCUT2D eigenvalue weighted by Crippen LogP contribution is -2.58. The Hall–Kier alpha value is -5.63. The molecule has 4 amide bonds. The highest BCUT2D eigenvalue weighted by molar-refractivity contribution is 7.91. The van der Waals surface area contributed by atoms with Crippen LogP contribution in [-0.4, -0.2) is 98.5 Å². The fraction of sp³-hybridized carbons (Fsp3) is 0.463. The summed E-state index contributed by atoms with van der Waals surface area (Å²) >= 11 is 1.38. The molecule has 4 aliphatic rings. The molecule has 5 aromatic rings. The molecule has 5 atom stereocenters. The van der Waals surface area contributed by atoms with Crippen LogP contribution in [0.25, 0.3) is 32.0 Å². The van der Waals surface area contributed by atoms with Crippen LogP contribution >= 0.6 is 11.3 Å². The number of aryl methyl sites for hydroxylation is 1. The van der Waals surface area contributed by atoms with Gasteiger partial charge in [-0.25, -0.2) is 32.2 Å². The van der Waals surface area contributed by atoms with Gasteiger partial charge in [-0.3, -0.25) is 23.9 Å². The first-order valence-electron chi connectivity index (χ1n) is 20.3. The summed E-state index contributed by atoms with van der Waals surface area (Å²) in [6.45, 7) is 1.42. The molecular weight excluding hydrogens is 835 g/mol. The van der Waals surface area contributed by atoms with E-state index in [1.54, 1.807) is 25.1 Å². The zero-order valence-corrected chi connectivity index (χ0v) is 34.6. The van der Waals surface area contributed by atoms with E-state index in [4.69, 9.17) is 24.2 Å². The van der Waals surface area contributed by atoms with Crippen LogP contribution in [0.1, 0.15) is 80.5 Å². The van der Waals surface area contributed by atoms with Crippen LogP contribution in [0.3, 0.4) is 0 Å². The molecule has 0 radical (unpaired) electrons. The van der Waals surface area contributed by atoms with Gasteiger partial charge in [0.15, 0.2) is 11.4 Å². The van der Waals surface area contributed by atoms with Gasteiger partial charge in [0.05, 0.1) is 33.0 Å². The summed E-state index contributed by atoms with van der Waals surface area (Å²) in [5.41, 5.74) is 0.117.